The van der Waals surface area contributed by atoms with E-state index in [1.165, 1.54) is 40.4 Å². The van der Waals surface area contributed by atoms with Crippen LogP contribution in [0.25, 0.3) is 0 Å². The summed E-state index contributed by atoms with van der Waals surface area (Å²) >= 11 is 0. The van der Waals surface area contributed by atoms with E-state index in [0.29, 0.717) is 5.56 Å². The molecule has 8 rings (SSSR count). The first-order valence-corrected chi connectivity index (χ1v) is 18.8. The molecule has 1 aromatic heterocycles. The summed E-state index contributed by atoms with van der Waals surface area (Å²) < 4.78 is 64.3. The summed E-state index contributed by atoms with van der Waals surface area (Å²) in [7, 11) is 1.23. The summed E-state index contributed by atoms with van der Waals surface area (Å²) in [6.45, 7) is 11.9. The molecule has 4 saturated carbocycles. The number of hydrogen-bond acceptors (Lipinski definition) is 16. The zero-order chi connectivity index (χ0) is 39.9. The summed E-state index contributed by atoms with van der Waals surface area (Å²) in [6.07, 6.45) is -1.46. The van der Waals surface area contributed by atoms with Crippen molar-refractivity contribution >= 4 is 35.8 Å². The maximum absolute atomic E-state index is 14.3. The van der Waals surface area contributed by atoms with Gasteiger partial charge in [0.2, 0.25) is 5.60 Å². The molecule has 7 fully saturated rings. The number of cyclic esters (lactones) is 1. The lowest BCUT2D eigenvalue weighted by molar-refractivity contribution is -0.485. The Kier molecular flexibility index (Phi) is 7.94. The van der Waals surface area contributed by atoms with E-state index in [0.717, 1.165) is 0 Å². The first-order chi connectivity index (χ1) is 25.7. The third-order valence-electron chi connectivity index (χ3n) is 14.4. The van der Waals surface area contributed by atoms with Gasteiger partial charge in [-0.2, -0.15) is 0 Å². The summed E-state index contributed by atoms with van der Waals surface area (Å²) in [5.41, 5.74) is -10.9. The van der Waals surface area contributed by atoms with E-state index >= 15 is 0 Å². The van der Waals surface area contributed by atoms with Gasteiger partial charge in [0.05, 0.1) is 37.4 Å². The number of ether oxygens (including phenoxy) is 9. The van der Waals surface area contributed by atoms with Gasteiger partial charge in [-0.1, -0.05) is 27.7 Å². The number of fused-ring (bicyclic) bond motifs is 3. The van der Waals surface area contributed by atoms with Gasteiger partial charge in [0.25, 0.3) is 5.97 Å². The normalized spacial score (nSPS) is 45.9. The highest BCUT2D eigenvalue weighted by atomic mass is 16.9. The molecule has 4 aliphatic carbocycles. The molecule has 300 valence electrons. The lowest BCUT2D eigenvalue weighted by atomic mass is 9.33. The minimum Gasteiger partial charge on any atom is -0.472 e. The molecule has 0 amide bonds. The molecule has 16 heteroatoms. The van der Waals surface area contributed by atoms with E-state index in [2.05, 4.69) is 0 Å². The number of carbonyl (C=O) groups is 6. The number of furan rings is 1. The Balaban J connectivity index is 1.53. The largest absolute Gasteiger partial charge is 0.472 e. The van der Waals surface area contributed by atoms with E-state index in [-0.39, 0.29) is 32.3 Å². The number of methoxy groups -OCH3 is 1. The molecule has 16 nitrogen and oxygen atoms in total. The van der Waals surface area contributed by atoms with E-state index < -0.39 is 123 Å². The molecule has 4 heterocycles. The summed E-state index contributed by atoms with van der Waals surface area (Å²) in [6, 6.07) is 1.65. The minimum absolute atomic E-state index is 0.0619. The van der Waals surface area contributed by atoms with Gasteiger partial charge in [-0.25, -0.2) is 0 Å². The second-order valence-corrected chi connectivity index (χ2v) is 17.4. The van der Waals surface area contributed by atoms with E-state index in [1.54, 1.807) is 26.8 Å². The Bertz CT molecular complexity index is 1870. The zero-order valence-corrected chi connectivity index (χ0v) is 32.5. The Hall–Kier alpha value is -4.02. The number of esters is 6. The number of rotatable bonds is 9. The average Bonchev–Trinajstić information content (AvgIpc) is 3.80. The van der Waals surface area contributed by atoms with Crippen molar-refractivity contribution in [1.82, 2.24) is 0 Å². The van der Waals surface area contributed by atoms with Crippen molar-refractivity contribution in [1.29, 1.82) is 0 Å². The van der Waals surface area contributed by atoms with Crippen molar-refractivity contribution in [2.45, 2.75) is 134 Å². The predicted molar refractivity (Wildman–Crippen MR) is 180 cm³/mol. The van der Waals surface area contributed by atoms with Crippen LogP contribution < -0.4 is 0 Å². The fraction of sp³-hybridized carbons (Fsp3) is 0.744. The zero-order valence-electron chi connectivity index (χ0n) is 32.5. The number of carbonyl (C=O) groups excluding carboxylic acids is 6. The molecule has 0 aromatic carbocycles. The summed E-state index contributed by atoms with van der Waals surface area (Å²) in [4.78, 5) is 81.6. The molecular formula is C39H48O16. The van der Waals surface area contributed by atoms with Crippen LogP contribution >= 0.6 is 0 Å². The molecule has 4 bridgehead atoms. The van der Waals surface area contributed by atoms with Crippen LogP contribution in [0.15, 0.2) is 23.0 Å². The fourth-order valence-electron chi connectivity index (χ4n) is 13.1. The van der Waals surface area contributed by atoms with Crippen LogP contribution in [-0.4, -0.2) is 90.1 Å². The maximum Gasteiger partial charge on any atom is 0.308 e. The highest BCUT2D eigenvalue weighted by Gasteiger charge is 3.06. The first kappa shape index (κ1) is 37.9. The molecule has 3 spiro atoms. The molecule has 55 heavy (non-hydrogen) atoms. The van der Waals surface area contributed by atoms with Crippen molar-refractivity contribution in [3.63, 3.8) is 0 Å². The Morgan fingerprint density at radius 3 is 2.22 bits per heavy atom. The van der Waals surface area contributed by atoms with Gasteiger partial charge in [0.1, 0.15) is 29.5 Å². The fourth-order valence-corrected chi connectivity index (χ4v) is 13.1. The van der Waals surface area contributed by atoms with Gasteiger partial charge < -0.3 is 47.0 Å². The van der Waals surface area contributed by atoms with Gasteiger partial charge in [-0.05, 0) is 31.2 Å². The van der Waals surface area contributed by atoms with Crippen molar-refractivity contribution in [3.8, 4) is 0 Å². The third kappa shape index (κ3) is 4.23. The van der Waals surface area contributed by atoms with Crippen molar-refractivity contribution in [2.24, 2.45) is 34.0 Å². The molecule has 1 aromatic rings. The number of hydrogen-bond donors (Lipinski definition) is 0. The van der Waals surface area contributed by atoms with Crippen LogP contribution in [0.3, 0.4) is 0 Å². The molecule has 0 unspecified atom stereocenters. The second-order valence-electron chi connectivity index (χ2n) is 17.4. The Morgan fingerprint density at radius 1 is 0.909 bits per heavy atom. The van der Waals surface area contributed by atoms with Crippen LogP contribution in [0, 0.1) is 34.0 Å². The van der Waals surface area contributed by atoms with Crippen molar-refractivity contribution < 1.29 is 75.8 Å². The standard InChI is InChI=1S/C39H48O16/c1-19(2)29(45)51-31-38-25(15-26(43)46-9)32(6,28(49-20(3)40)23-10-13-47-16-23)11-12-36(38)35-18-48-27(44)14-24(35)33(7)17-37(35,54-34(8,53-36)55-38)39(31,52-22(5)42)30(33)50-21(4)41/h10,13,16,19,24-25,28,30-31H,11-12,14-15,17-18H2,1-9H3/t24-,25+,28-,30-,31-,32+,33+,34+,35+,36-,37+,38+,39-/m0/s1. The highest BCUT2D eigenvalue weighted by Crippen LogP contribution is 2.90. The van der Waals surface area contributed by atoms with E-state index in [9.17, 15) is 28.8 Å². The molecule has 13 atom stereocenters. The Labute approximate surface area is 317 Å². The monoisotopic (exact) mass is 772 g/mol. The highest BCUT2D eigenvalue weighted by molar-refractivity contribution is 5.76. The lowest BCUT2D eigenvalue weighted by Crippen LogP contribution is -2.95. The Morgan fingerprint density at radius 2 is 1.62 bits per heavy atom. The molecule has 7 aliphatic rings. The SMILES string of the molecule is COC(=O)C[C@@H]1[C@](C)([C@@H](OC(C)=O)c2ccoc2)CC[C@@]23O[C@@]4(C)O[C@@]12[C@H](OC(=O)C(C)C)[C@@]1(OC(C)=O)[C@@H](OC(C)=O)[C@]2(C)C[C@@]1(O4)[C@@]31COC(=O)C[C@@H]21. The smallest absolute Gasteiger partial charge is 0.308 e. The van der Waals surface area contributed by atoms with Gasteiger partial charge in [-0.3, -0.25) is 28.8 Å². The van der Waals surface area contributed by atoms with Crippen LogP contribution in [-0.2, 0) is 71.4 Å². The maximum atomic E-state index is 14.3. The average molecular weight is 773 g/mol. The van der Waals surface area contributed by atoms with Gasteiger partial charge in [0, 0.05) is 56.4 Å². The topological polar surface area (TPSA) is 199 Å². The quantitative estimate of drug-likeness (QED) is 0.260. The van der Waals surface area contributed by atoms with E-state index in [1.807, 2.05) is 13.8 Å². The van der Waals surface area contributed by atoms with Crippen LogP contribution in [0.5, 0.6) is 0 Å². The van der Waals surface area contributed by atoms with Crippen molar-refractivity contribution in [2.75, 3.05) is 13.7 Å². The predicted octanol–water partition coefficient (Wildman–Crippen LogP) is 3.62. The summed E-state index contributed by atoms with van der Waals surface area (Å²) in [5, 5.41) is 0. The van der Waals surface area contributed by atoms with Crippen LogP contribution in [0.4, 0.5) is 0 Å². The van der Waals surface area contributed by atoms with Gasteiger partial charge in [0.15, 0.2) is 12.2 Å². The summed E-state index contributed by atoms with van der Waals surface area (Å²) in [5.74, 6) is -8.63. The van der Waals surface area contributed by atoms with Gasteiger partial charge in [-0.15, -0.1) is 0 Å². The van der Waals surface area contributed by atoms with Crippen LogP contribution in [0.2, 0.25) is 0 Å². The lowest BCUT2D eigenvalue weighted by Gasteiger charge is -2.77. The first-order valence-electron chi connectivity index (χ1n) is 18.8. The van der Waals surface area contributed by atoms with E-state index in [4.69, 9.17) is 47.0 Å². The molecule has 0 radical (unpaired) electrons. The second kappa shape index (κ2) is 11.5. The van der Waals surface area contributed by atoms with Gasteiger partial charge >= 0.3 is 35.8 Å². The molecular weight excluding hydrogens is 724 g/mol. The third-order valence-corrected chi connectivity index (χ3v) is 14.4. The minimum atomic E-state index is -2.17. The van der Waals surface area contributed by atoms with Crippen molar-refractivity contribution in [3.05, 3.63) is 24.2 Å². The molecule has 3 saturated heterocycles. The molecule has 3 aliphatic heterocycles. The molecule has 0 N–H and O–H groups in total. The van der Waals surface area contributed by atoms with Crippen LogP contribution in [0.1, 0.15) is 99.2 Å².